The largest absolute Gasteiger partial charge is 0.497 e. The number of hydrogen-bond donors (Lipinski definition) is 0. The number of benzene rings is 2. The Hall–Kier alpha value is -3.81. The molecule has 1 amide bonds. The van der Waals surface area contributed by atoms with E-state index in [1.54, 1.807) is 67.5 Å². The molecule has 2 aliphatic rings. The van der Waals surface area contributed by atoms with Crippen molar-refractivity contribution in [2.45, 2.75) is 45.1 Å². The SMILES string of the molecule is COc1ccc(C(=O)C2C(=O)C(=O)N(c3ccc(-c4noc(C)n4)cc3)C2C2CCCCC2)cc1. The van der Waals surface area contributed by atoms with Crippen LogP contribution in [0.5, 0.6) is 5.75 Å². The highest BCUT2D eigenvalue weighted by molar-refractivity contribution is 6.49. The summed E-state index contributed by atoms with van der Waals surface area (Å²) in [6.45, 7) is 1.72. The van der Waals surface area contributed by atoms with Crippen LogP contribution in [-0.4, -0.2) is 40.8 Å². The Morgan fingerprint density at radius 1 is 1.00 bits per heavy atom. The van der Waals surface area contributed by atoms with Crippen LogP contribution >= 0.6 is 0 Å². The van der Waals surface area contributed by atoms with Gasteiger partial charge in [-0.25, -0.2) is 0 Å². The third-order valence-corrected chi connectivity index (χ3v) is 7.07. The van der Waals surface area contributed by atoms with E-state index in [-0.39, 0.29) is 11.7 Å². The van der Waals surface area contributed by atoms with Crippen molar-refractivity contribution in [2.75, 3.05) is 12.0 Å². The summed E-state index contributed by atoms with van der Waals surface area (Å²) in [6.07, 6.45) is 4.94. The third kappa shape index (κ3) is 4.24. The van der Waals surface area contributed by atoms with Crippen molar-refractivity contribution in [3.05, 3.63) is 60.0 Å². The average molecular weight is 474 g/mol. The molecule has 1 saturated carbocycles. The molecular formula is C27H27N3O5. The number of hydrogen-bond acceptors (Lipinski definition) is 7. The van der Waals surface area contributed by atoms with Crippen molar-refractivity contribution in [3.8, 4) is 17.1 Å². The van der Waals surface area contributed by atoms with E-state index >= 15 is 0 Å². The minimum absolute atomic E-state index is 0.0749. The molecule has 1 aliphatic heterocycles. The first kappa shape index (κ1) is 23.0. The first-order valence-corrected chi connectivity index (χ1v) is 11.9. The molecule has 2 fully saturated rings. The monoisotopic (exact) mass is 473 g/mol. The zero-order valence-corrected chi connectivity index (χ0v) is 19.8. The predicted octanol–water partition coefficient (Wildman–Crippen LogP) is 4.42. The molecule has 5 rings (SSSR count). The zero-order chi connectivity index (χ0) is 24.5. The molecule has 1 saturated heterocycles. The normalized spacial score (nSPS) is 20.9. The van der Waals surface area contributed by atoms with Crippen molar-refractivity contribution in [1.82, 2.24) is 10.1 Å². The van der Waals surface area contributed by atoms with Crippen molar-refractivity contribution >= 4 is 23.2 Å². The van der Waals surface area contributed by atoms with E-state index in [0.29, 0.717) is 28.7 Å². The second-order valence-corrected chi connectivity index (χ2v) is 9.18. The second kappa shape index (κ2) is 9.44. The van der Waals surface area contributed by atoms with Gasteiger partial charge in [0.15, 0.2) is 5.78 Å². The van der Waals surface area contributed by atoms with Crippen molar-refractivity contribution in [1.29, 1.82) is 0 Å². The summed E-state index contributed by atoms with van der Waals surface area (Å²) < 4.78 is 10.2. The molecule has 1 aliphatic carbocycles. The molecule has 35 heavy (non-hydrogen) atoms. The van der Waals surface area contributed by atoms with Gasteiger partial charge >= 0.3 is 0 Å². The highest BCUT2D eigenvalue weighted by atomic mass is 16.5. The molecule has 0 spiro atoms. The molecule has 2 atom stereocenters. The lowest BCUT2D eigenvalue weighted by Gasteiger charge is -2.35. The number of anilines is 1. The number of methoxy groups -OCH3 is 1. The van der Waals surface area contributed by atoms with Gasteiger partial charge in [-0.1, -0.05) is 24.4 Å². The van der Waals surface area contributed by atoms with Crippen LogP contribution in [0.3, 0.4) is 0 Å². The molecule has 180 valence electrons. The minimum atomic E-state index is -1.03. The molecule has 3 aromatic rings. The number of amides is 1. The molecule has 2 aromatic carbocycles. The number of rotatable bonds is 6. The number of Topliss-reactive ketones (excluding diaryl/α,β-unsaturated/α-hetero) is 2. The van der Waals surface area contributed by atoms with Gasteiger partial charge in [-0.05, 0) is 67.3 Å². The van der Waals surface area contributed by atoms with Crippen LogP contribution < -0.4 is 9.64 Å². The second-order valence-electron chi connectivity index (χ2n) is 9.18. The highest BCUT2D eigenvalue weighted by Crippen LogP contribution is 2.41. The summed E-state index contributed by atoms with van der Waals surface area (Å²) in [5.41, 5.74) is 1.74. The molecule has 0 bridgehead atoms. The van der Waals surface area contributed by atoms with E-state index in [1.165, 1.54) is 0 Å². The lowest BCUT2D eigenvalue weighted by Crippen LogP contribution is -2.43. The van der Waals surface area contributed by atoms with E-state index in [2.05, 4.69) is 10.1 Å². The Morgan fingerprint density at radius 3 is 2.29 bits per heavy atom. The zero-order valence-electron chi connectivity index (χ0n) is 19.8. The quantitative estimate of drug-likeness (QED) is 0.297. The van der Waals surface area contributed by atoms with Crippen LogP contribution in [0.4, 0.5) is 5.69 Å². The number of carbonyl (C=O) groups excluding carboxylic acids is 3. The Labute approximate surface area is 203 Å². The smallest absolute Gasteiger partial charge is 0.295 e. The summed E-state index contributed by atoms with van der Waals surface area (Å²) in [6, 6.07) is 13.3. The van der Waals surface area contributed by atoms with E-state index in [9.17, 15) is 14.4 Å². The van der Waals surface area contributed by atoms with Gasteiger partial charge in [0.2, 0.25) is 17.5 Å². The van der Waals surface area contributed by atoms with E-state index in [0.717, 1.165) is 37.7 Å². The summed E-state index contributed by atoms with van der Waals surface area (Å²) in [7, 11) is 1.55. The van der Waals surface area contributed by atoms with Gasteiger partial charge in [0.05, 0.1) is 13.2 Å². The molecule has 0 radical (unpaired) electrons. The van der Waals surface area contributed by atoms with Crippen molar-refractivity contribution in [3.63, 3.8) is 0 Å². The van der Waals surface area contributed by atoms with E-state index in [4.69, 9.17) is 9.26 Å². The number of aromatic nitrogens is 2. The van der Waals surface area contributed by atoms with Crippen molar-refractivity contribution < 1.29 is 23.6 Å². The fourth-order valence-electron chi connectivity index (χ4n) is 5.34. The Balaban J connectivity index is 1.51. The van der Waals surface area contributed by atoms with E-state index < -0.39 is 23.7 Å². The molecule has 8 heteroatoms. The summed E-state index contributed by atoms with van der Waals surface area (Å²) >= 11 is 0. The third-order valence-electron chi connectivity index (χ3n) is 7.07. The maximum Gasteiger partial charge on any atom is 0.295 e. The summed E-state index contributed by atoms with van der Waals surface area (Å²) in [5.74, 6) is -1.00. The maximum absolute atomic E-state index is 13.6. The van der Waals surface area contributed by atoms with Gasteiger partial charge in [0.1, 0.15) is 11.7 Å². The first-order chi connectivity index (χ1) is 17.0. The number of aryl methyl sites for hydroxylation is 1. The van der Waals surface area contributed by atoms with Gasteiger partial charge in [0, 0.05) is 23.7 Å². The Bertz CT molecular complexity index is 1240. The van der Waals surface area contributed by atoms with Gasteiger partial charge in [-0.15, -0.1) is 0 Å². The molecule has 2 heterocycles. The predicted molar refractivity (Wildman–Crippen MR) is 128 cm³/mol. The first-order valence-electron chi connectivity index (χ1n) is 11.9. The molecule has 1 aromatic heterocycles. The fourth-order valence-corrected chi connectivity index (χ4v) is 5.34. The lowest BCUT2D eigenvalue weighted by molar-refractivity contribution is -0.135. The van der Waals surface area contributed by atoms with E-state index in [1.807, 2.05) is 0 Å². The number of carbonyl (C=O) groups is 3. The van der Waals surface area contributed by atoms with Crippen LogP contribution in [0, 0.1) is 18.8 Å². The molecule has 0 N–H and O–H groups in total. The number of ether oxygens (including phenoxy) is 1. The lowest BCUT2D eigenvalue weighted by atomic mass is 9.76. The van der Waals surface area contributed by atoms with Crippen LogP contribution in [0.15, 0.2) is 53.1 Å². The Kier molecular flexibility index (Phi) is 6.19. The standard InChI is InChI=1S/C27H27N3O5/c1-16-28-26(29-35-16)19-8-12-20(13-9-19)30-23(17-6-4-3-5-7-17)22(25(32)27(30)33)24(31)18-10-14-21(34-2)15-11-18/h8-15,17,22-23H,3-7H2,1-2H3. The average Bonchev–Trinajstić information content (AvgIpc) is 3.45. The number of nitrogens with zero attached hydrogens (tertiary/aromatic N) is 3. The van der Waals surface area contributed by atoms with Crippen LogP contribution in [-0.2, 0) is 9.59 Å². The highest BCUT2D eigenvalue weighted by Gasteiger charge is 2.54. The van der Waals surface area contributed by atoms with Gasteiger partial charge in [-0.3, -0.25) is 14.4 Å². The minimum Gasteiger partial charge on any atom is -0.497 e. The number of ketones is 2. The summed E-state index contributed by atoms with van der Waals surface area (Å²) in [4.78, 5) is 46.0. The van der Waals surface area contributed by atoms with Gasteiger partial charge in [0.25, 0.3) is 5.91 Å². The molecule has 2 unspecified atom stereocenters. The topological polar surface area (TPSA) is 103 Å². The van der Waals surface area contributed by atoms with Gasteiger partial charge < -0.3 is 14.2 Å². The van der Waals surface area contributed by atoms with Crippen LogP contribution in [0.2, 0.25) is 0 Å². The molecular weight excluding hydrogens is 446 g/mol. The summed E-state index contributed by atoms with van der Waals surface area (Å²) in [5, 5.41) is 3.94. The Morgan fingerprint density at radius 2 is 1.69 bits per heavy atom. The van der Waals surface area contributed by atoms with Gasteiger partial charge in [-0.2, -0.15) is 4.98 Å². The van der Waals surface area contributed by atoms with Crippen LogP contribution in [0.25, 0.3) is 11.4 Å². The molecule has 8 nitrogen and oxygen atoms in total. The maximum atomic E-state index is 13.6. The fraction of sp³-hybridized carbons (Fsp3) is 0.370. The van der Waals surface area contributed by atoms with Crippen molar-refractivity contribution in [2.24, 2.45) is 11.8 Å². The van der Waals surface area contributed by atoms with Crippen LogP contribution in [0.1, 0.15) is 48.4 Å².